The lowest BCUT2D eigenvalue weighted by Crippen LogP contribution is -2.72. The number of ether oxygens (including phenoxy) is 24. The molecule has 2 N–H and O–H groups in total. The van der Waals surface area contributed by atoms with Crippen LogP contribution in [0.2, 0.25) is 0 Å². The van der Waals surface area contributed by atoms with E-state index in [1.807, 2.05) is 121 Å². The Morgan fingerprint density at radius 3 is 1.00 bits per heavy atom. The van der Waals surface area contributed by atoms with Crippen molar-refractivity contribution >= 4 is 82.7 Å². The predicted molar refractivity (Wildman–Crippen MR) is 468 cm³/mol. The van der Waals surface area contributed by atoms with Crippen LogP contribution in [0.1, 0.15) is 94.3 Å². The van der Waals surface area contributed by atoms with Crippen LogP contribution in [0.15, 0.2) is 212 Å². The quantitative estimate of drug-likeness (QED) is 0.0204. The molecule has 0 saturated carbocycles. The maximum absolute atomic E-state index is 15.5. The van der Waals surface area contributed by atoms with Gasteiger partial charge in [-0.25, -0.2) is 4.79 Å². The summed E-state index contributed by atoms with van der Waals surface area (Å²) in [6, 6.07) is 61.0. The van der Waals surface area contributed by atoms with E-state index in [0.29, 0.717) is 33.4 Å². The van der Waals surface area contributed by atoms with Gasteiger partial charge in [-0.2, -0.15) is 0 Å². The molecular weight excluding hydrogens is 1800 g/mol. The fourth-order valence-electron chi connectivity index (χ4n) is 15.8. The third-order valence-corrected chi connectivity index (χ3v) is 21.9. The summed E-state index contributed by atoms with van der Waals surface area (Å²) in [7, 11) is 0. The summed E-state index contributed by atoms with van der Waals surface area (Å²) in [6.07, 6.45) is -43.3. The van der Waals surface area contributed by atoms with E-state index in [0.717, 1.165) is 54.0 Å². The number of carbonyl (C=O) groups is 8. The Balaban J connectivity index is 1.09. The third-order valence-electron chi connectivity index (χ3n) is 21.6. The van der Waals surface area contributed by atoms with Crippen molar-refractivity contribution in [3.8, 4) is 0 Å². The van der Waals surface area contributed by atoms with Gasteiger partial charge in [-0.15, -0.1) is 0 Å². The minimum Gasteiger partial charge on any atom is -0.463 e. The summed E-state index contributed by atoms with van der Waals surface area (Å²) in [6.45, 7) is 4.78. The van der Waals surface area contributed by atoms with E-state index in [-0.39, 0.29) is 52.9 Å². The Hall–Kier alpha value is -9.71. The first-order chi connectivity index (χ1) is 64.1. The van der Waals surface area contributed by atoms with Gasteiger partial charge in [-0.1, -0.05) is 247 Å². The van der Waals surface area contributed by atoms with Crippen molar-refractivity contribution in [3.05, 3.63) is 251 Å². The van der Waals surface area contributed by atoms with Crippen molar-refractivity contribution in [3.63, 3.8) is 0 Å². The first-order valence-corrected chi connectivity index (χ1v) is 44.4. The van der Waals surface area contributed by atoms with Crippen molar-refractivity contribution in [1.82, 2.24) is 5.32 Å². The number of carbonyl (C=O) groups excluding carboxylic acids is 8. The molecule has 7 aromatic rings. The number of hydrogen-bond donors (Lipinski definition) is 2. The van der Waals surface area contributed by atoms with Gasteiger partial charge < -0.3 is 124 Å². The zero-order valence-electron chi connectivity index (χ0n) is 74.3. The number of alkyl carbamates (subject to hydrolysis) is 1. The van der Waals surface area contributed by atoms with Crippen LogP contribution in [0.25, 0.3) is 0 Å². The van der Waals surface area contributed by atoms with Crippen LogP contribution in [0.3, 0.4) is 0 Å². The molecule has 37 heteroatoms. The molecule has 25 atom stereocenters. The molecule has 5 aliphatic rings. The lowest BCUT2D eigenvalue weighted by Gasteiger charge is -2.53. The number of hydrogen-bond acceptors (Lipinski definition) is 33. The predicted octanol–water partition coefficient (Wildman–Crippen LogP) is 10.8. The number of rotatable bonds is 42. The summed E-state index contributed by atoms with van der Waals surface area (Å²) in [4.78, 5) is 111. The summed E-state index contributed by atoms with van der Waals surface area (Å²) in [5, 5.41) is 15.3. The van der Waals surface area contributed by atoms with Gasteiger partial charge in [0.1, 0.15) is 92.5 Å². The van der Waals surface area contributed by atoms with Gasteiger partial charge in [0.05, 0.1) is 72.2 Å². The first-order valence-electron chi connectivity index (χ1n) is 43.3. The van der Waals surface area contributed by atoms with Gasteiger partial charge in [0.2, 0.25) is 3.79 Å². The fraction of sp³-hybridized carbons (Fsp3) is 0.479. The Bertz CT molecular complexity index is 4780. The Labute approximate surface area is 784 Å². The topological polar surface area (TPSA) is 390 Å². The minimum atomic E-state index is -2.33. The molecule has 0 aliphatic carbocycles. The van der Waals surface area contributed by atoms with Gasteiger partial charge >= 0.3 is 47.9 Å². The zero-order valence-corrected chi connectivity index (χ0v) is 76.5. The van der Waals surface area contributed by atoms with E-state index in [2.05, 4.69) is 5.32 Å². The van der Waals surface area contributed by atoms with Crippen LogP contribution in [0.4, 0.5) is 4.79 Å². The lowest BCUT2D eigenvalue weighted by molar-refractivity contribution is -0.397. The third kappa shape index (κ3) is 30.9. The smallest absolute Gasteiger partial charge is 0.407 e. The zero-order chi connectivity index (χ0) is 94.5. The Morgan fingerprint density at radius 2 is 0.594 bits per heavy atom. The normalized spacial score (nSPS) is 28.7. The first kappa shape index (κ1) is 102. The molecule has 0 bridgehead atoms. The number of nitrogens with one attached hydrogen (secondary N) is 1. The van der Waals surface area contributed by atoms with Crippen LogP contribution in [-0.2, 0) is 193 Å². The van der Waals surface area contributed by atoms with Crippen molar-refractivity contribution < 1.29 is 157 Å². The number of benzene rings is 7. The molecule has 5 aliphatic heterocycles. The molecule has 1 amide bonds. The largest absolute Gasteiger partial charge is 0.463 e. The molecule has 34 nitrogen and oxygen atoms in total. The second-order valence-electron chi connectivity index (χ2n) is 32.0. The van der Waals surface area contributed by atoms with Crippen molar-refractivity contribution in [1.29, 1.82) is 0 Å². The monoisotopic (exact) mass is 1910 g/mol. The summed E-state index contributed by atoms with van der Waals surface area (Å²) < 4.78 is 158. The standard InChI is InChI=1S/C96H110Cl3NO33/c1-56-76(120-58(3)102)83(123-61(6)105)87(116-49-69-40-26-14-27-41-69)92(119-56)130-77-72(52-111-45-65-32-18-10-19-33-65)127-91(75(100-95(109)118-55-96(97,98)99)81(77)132-94-89(125-63(8)107)85(124-62(7)106)80(122-60(5)104)74(129-94)54-113-57(2)101)133-84-79(121-59(4)103)73(53-112-46-66-34-20-11-21-35-66)128-93(88(84)117-50-70-42-28-15-29-43-70)131-78-71(51-110-44-64-30-16-9-17-31-64)126-90(108)86(115-48-68-38-24-13-25-39-68)82(78)114-47-67-36-22-12-23-37-67/h9-43,56,71-94,108H,44-55H2,1-8H3,(H,100,109)/t56-,71+,72+,73+,74+,75+,76+,77+,78+,79-,80-,81+,82-,83+,84-,85-,86+,87-,88+,89+,90+,91-,92-,93-,94-/m0/s1. The molecule has 7 aromatic carbocycles. The van der Waals surface area contributed by atoms with Crippen molar-refractivity contribution in [2.45, 2.75) is 259 Å². The number of aliphatic hydroxyl groups excluding tert-OH is 1. The molecule has 133 heavy (non-hydrogen) atoms. The molecular formula is C96H110Cl3NO33. The van der Waals surface area contributed by atoms with Crippen LogP contribution in [0, 0.1) is 0 Å². The Kier molecular flexibility index (Phi) is 39.0. The molecule has 5 fully saturated rings. The molecule has 0 radical (unpaired) electrons. The summed E-state index contributed by atoms with van der Waals surface area (Å²) >= 11 is 19.2. The molecule has 0 spiro atoms. The summed E-state index contributed by atoms with van der Waals surface area (Å²) in [5.74, 6) is -6.62. The van der Waals surface area contributed by atoms with E-state index in [1.54, 1.807) is 91.0 Å². The van der Waals surface area contributed by atoms with Gasteiger partial charge in [0.25, 0.3) is 0 Å². The van der Waals surface area contributed by atoms with Gasteiger partial charge in [-0.05, 0) is 45.9 Å². The highest BCUT2D eigenvalue weighted by Gasteiger charge is 2.62. The summed E-state index contributed by atoms with van der Waals surface area (Å²) in [5.41, 5.74) is 4.61. The Morgan fingerprint density at radius 1 is 0.301 bits per heavy atom. The van der Waals surface area contributed by atoms with E-state index in [4.69, 9.17) is 148 Å². The molecule has 0 unspecified atom stereocenters. The number of halogens is 3. The van der Waals surface area contributed by atoms with E-state index < -0.39 is 232 Å². The van der Waals surface area contributed by atoms with Gasteiger partial charge in [0, 0.05) is 48.5 Å². The molecule has 0 aromatic heterocycles. The van der Waals surface area contributed by atoms with E-state index in [1.165, 1.54) is 6.92 Å². The number of amides is 1. The second-order valence-corrected chi connectivity index (χ2v) is 34.5. The number of alkyl halides is 3. The highest BCUT2D eigenvalue weighted by Crippen LogP contribution is 2.43. The highest BCUT2D eigenvalue weighted by atomic mass is 35.6. The average Bonchev–Trinajstić information content (AvgIpc) is 0.747. The highest BCUT2D eigenvalue weighted by molar-refractivity contribution is 6.67. The van der Waals surface area contributed by atoms with Crippen molar-refractivity contribution in [2.75, 3.05) is 33.0 Å². The molecule has 718 valence electrons. The van der Waals surface area contributed by atoms with E-state index >= 15 is 4.79 Å². The average molecular weight is 1910 g/mol. The molecule has 5 heterocycles. The van der Waals surface area contributed by atoms with E-state index in [9.17, 15) is 38.7 Å². The molecule has 12 rings (SSSR count). The van der Waals surface area contributed by atoms with Crippen LogP contribution < -0.4 is 5.32 Å². The van der Waals surface area contributed by atoms with Crippen LogP contribution in [0.5, 0.6) is 0 Å². The lowest BCUT2D eigenvalue weighted by atomic mass is 9.93. The SMILES string of the molecule is CC(=O)OC[C@H]1O[C@@H](O[C@@H]2[C@@H](NC(=O)OCC(Cl)(Cl)Cl)[C@H](O[C@H]3[C@@H](OC(C)=O)[C@@H](COCc4ccccc4)O[C@@H](O[C@H]4[C@H](OCc5ccccc5)[C@@H](OCc5ccccc5)[C@H](O)O[C@@H]4COCc4ccccc4)[C@@H]3OCc3ccccc3)O[C@H](COCc3ccccc3)[C@H]2O[C@@H]2O[C@@H](C)[C@@H](OC(C)=O)[C@@H](OC(C)=O)[C@@H]2OCc2ccccc2)[C@H](OC(C)=O)[C@@H](OC(C)=O)[C@H]1OC(C)=O. The minimum absolute atomic E-state index is 0.0363. The number of esters is 7. The maximum Gasteiger partial charge on any atom is 0.407 e. The van der Waals surface area contributed by atoms with Crippen LogP contribution in [-0.4, -0.2) is 243 Å². The number of aliphatic hydroxyl groups is 1. The van der Waals surface area contributed by atoms with Gasteiger partial charge in [0.15, 0.2) is 68.1 Å². The van der Waals surface area contributed by atoms with Gasteiger partial charge in [-0.3, -0.25) is 33.6 Å². The second kappa shape index (κ2) is 50.7. The maximum atomic E-state index is 15.5. The molecule has 5 saturated heterocycles. The van der Waals surface area contributed by atoms with Crippen molar-refractivity contribution in [2.24, 2.45) is 0 Å². The van der Waals surface area contributed by atoms with Crippen LogP contribution >= 0.6 is 34.8 Å². The fourth-order valence-corrected chi connectivity index (χ4v) is 16.0.